The molecule has 0 bridgehead atoms. The Morgan fingerprint density at radius 3 is 2.50 bits per heavy atom. The first-order chi connectivity index (χ1) is 9.72. The van der Waals surface area contributed by atoms with Crippen LogP contribution in [-0.4, -0.2) is 40.6 Å². The molecule has 108 valence electrons. The summed E-state index contributed by atoms with van der Waals surface area (Å²) in [5.41, 5.74) is 1.21. The molecule has 0 aliphatic carbocycles. The van der Waals surface area contributed by atoms with Crippen molar-refractivity contribution in [3.05, 3.63) is 29.6 Å². The van der Waals surface area contributed by atoms with Crippen molar-refractivity contribution in [2.75, 3.05) is 19.7 Å². The van der Waals surface area contributed by atoms with E-state index in [0.29, 0.717) is 12.1 Å². The van der Waals surface area contributed by atoms with Gasteiger partial charge in [-0.05, 0) is 25.0 Å². The average molecular weight is 274 g/mol. The van der Waals surface area contributed by atoms with Crippen LogP contribution in [0.15, 0.2) is 18.3 Å². The van der Waals surface area contributed by atoms with Gasteiger partial charge in [-0.15, -0.1) is 0 Å². The quantitative estimate of drug-likeness (QED) is 0.808. The van der Waals surface area contributed by atoms with Crippen LogP contribution in [0, 0.1) is 11.8 Å². The number of aromatic nitrogens is 1. The van der Waals surface area contributed by atoms with Gasteiger partial charge < -0.3 is 10.0 Å². The van der Waals surface area contributed by atoms with E-state index in [4.69, 9.17) is 5.11 Å². The molecule has 4 nitrogen and oxygen atoms in total. The number of amides is 1. The molecule has 0 saturated heterocycles. The van der Waals surface area contributed by atoms with E-state index in [9.17, 15) is 4.79 Å². The van der Waals surface area contributed by atoms with Gasteiger partial charge in [-0.3, -0.25) is 4.79 Å². The molecular weight excluding hydrogens is 252 g/mol. The monoisotopic (exact) mass is 274 g/mol. The van der Waals surface area contributed by atoms with Crippen molar-refractivity contribution in [3.63, 3.8) is 0 Å². The molecule has 1 heterocycles. The topological polar surface area (TPSA) is 53.4 Å². The Bertz CT molecular complexity index is 465. The Hall–Kier alpha value is -1.86. The molecule has 1 amide bonds. The average Bonchev–Trinajstić information content (AvgIpc) is 2.47. The van der Waals surface area contributed by atoms with Gasteiger partial charge in [0.1, 0.15) is 5.69 Å². The van der Waals surface area contributed by atoms with Gasteiger partial charge in [0.05, 0.1) is 6.61 Å². The van der Waals surface area contributed by atoms with Gasteiger partial charge >= 0.3 is 0 Å². The van der Waals surface area contributed by atoms with E-state index in [2.05, 4.69) is 30.7 Å². The van der Waals surface area contributed by atoms with Crippen LogP contribution < -0.4 is 0 Å². The van der Waals surface area contributed by atoms with Gasteiger partial charge in [-0.25, -0.2) is 4.98 Å². The van der Waals surface area contributed by atoms with Crippen LogP contribution in [0.4, 0.5) is 0 Å². The van der Waals surface area contributed by atoms with E-state index < -0.39 is 0 Å². The molecule has 0 aliphatic rings. The third-order valence-corrected chi connectivity index (χ3v) is 2.73. The van der Waals surface area contributed by atoms with Crippen molar-refractivity contribution in [3.8, 4) is 11.8 Å². The Morgan fingerprint density at radius 2 is 2.00 bits per heavy atom. The van der Waals surface area contributed by atoms with Gasteiger partial charge in [0, 0.05) is 31.3 Å². The van der Waals surface area contributed by atoms with Crippen LogP contribution in [0.1, 0.15) is 49.2 Å². The third kappa shape index (κ3) is 5.02. The Kier molecular flexibility index (Phi) is 7.38. The summed E-state index contributed by atoms with van der Waals surface area (Å²) in [6, 6.07) is 3.50. The highest BCUT2D eigenvalue weighted by Crippen LogP contribution is 2.05. The van der Waals surface area contributed by atoms with E-state index >= 15 is 0 Å². The van der Waals surface area contributed by atoms with Gasteiger partial charge in [0.2, 0.25) is 0 Å². The largest absolute Gasteiger partial charge is 0.395 e. The number of rotatable bonds is 6. The fourth-order valence-corrected chi connectivity index (χ4v) is 1.83. The predicted molar refractivity (Wildman–Crippen MR) is 79.3 cm³/mol. The van der Waals surface area contributed by atoms with Gasteiger partial charge in [-0.2, -0.15) is 0 Å². The lowest BCUT2D eigenvalue weighted by Gasteiger charge is -2.20. The number of nitrogens with zero attached hydrogens (tertiary/aromatic N) is 2. The molecule has 1 aromatic heterocycles. The van der Waals surface area contributed by atoms with Crippen LogP contribution in [-0.2, 0) is 0 Å². The van der Waals surface area contributed by atoms with E-state index in [0.717, 1.165) is 31.5 Å². The summed E-state index contributed by atoms with van der Waals surface area (Å²) >= 11 is 0. The van der Waals surface area contributed by atoms with Crippen LogP contribution in [0.2, 0.25) is 0 Å². The summed E-state index contributed by atoms with van der Waals surface area (Å²) in [5, 5.41) is 8.65. The molecule has 0 spiro atoms. The minimum absolute atomic E-state index is 0.0245. The van der Waals surface area contributed by atoms with E-state index in [-0.39, 0.29) is 12.5 Å². The first-order valence-corrected chi connectivity index (χ1v) is 7.08. The summed E-state index contributed by atoms with van der Waals surface area (Å²) in [6.07, 6.45) is 3.93. The maximum atomic E-state index is 12.3. The molecule has 0 saturated carbocycles. The SMILES string of the molecule is CCCN(CCC)C(=O)c1ccc(C#CCCO)cn1. The fraction of sp³-hybridized carbons (Fsp3) is 0.500. The van der Waals surface area contributed by atoms with Gasteiger partial charge in [-0.1, -0.05) is 25.7 Å². The molecular formula is C16H22N2O2. The Labute approximate surface area is 120 Å². The number of hydrogen-bond donors (Lipinski definition) is 1. The number of carbonyl (C=O) groups excluding carboxylic acids is 1. The first kappa shape index (κ1) is 16.2. The van der Waals surface area contributed by atoms with Crippen molar-refractivity contribution in [2.45, 2.75) is 33.1 Å². The highest BCUT2D eigenvalue weighted by atomic mass is 16.2. The summed E-state index contributed by atoms with van der Waals surface area (Å²) < 4.78 is 0. The van der Waals surface area contributed by atoms with Crippen LogP contribution >= 0.6 is 0 Å². The normalized spacial score (nSPS) is 9.75. The summed E-state index contributed by atoms with van der Waals surface area (Å²) in [5.74, 6) is 5.70. The Balaban J connectivity index is 2.76. The molecule has 0 aromatic carbocycles. The molecule has 0 aliphatic heterocycles. The molecule has 1 aromatic rings. The molecule has 0 atom stereocenters. The van der Waals surface area contributed by atoms with Crippen molar-refractivity contribution >= 4 is 5.91 Å². The lowest BCUT2D eigenvalue weighted by Crippen LogP contribution is -2.33. The summed E-state index contributed by atoms with van der Waals surface area (Å²) in [6.45, 7) is 5.69. The molecule has 20 heavy (non-hydrogen) atoms. The van der Waals surface area contributed by atoms with Crippen LogP contribution in [0.5, 0.6) is 0 Å². The maximum Gasteiger partial charge on any atom is 0.272 e. The Morgan fingerprint density at radius 1 is 1.30 bits per heavy atom. The van der Waals surface area contributed by atoms with E-state index in [1.54, 1.807) is 18.3 Å². The standard InChI is InChI=1S/C16H22N2O2/c1-3-10-18(11-4-2)16(20)15-9-8-14(13-17-15)7-5-6-12-19/h8-9,13,19H,3-4,6,10-12H2,1-2H3. The lowest BCUT2D eigenvalue weighted by molar-refractivity contribution is 0.0749. The lowest BCUT2D eigenvalue weighted by atomic mass is 10.2. The molecule has 1 rings (SSSR count). The summed E-state index contributed by atoms with van der Waals surface area (Å²) in [7, 11) is 0. The minimum atomic E-state index is -0.0245. The fourth-order valence-electron chi connectivity index (χ4n) is 1.83. The van der Waals surface area contributed by atoms with Crippen molar-refractivity contribution in [1.29, 1.82) is 0 Å². The molecule has 0 fully saturated rings. The van der Waals surface area contributed by atoms with Gasteiger partial charge in [0.25, 0.3) is 5.91 Å². The van der Waals surface area contributed by atoms with E-state index in [1.807, 2.05) is 4.90 Å². The van der Waals surface area contributed by atoms with Crippen LogP contribution in [0.3, 0.4) is 0 Å². The van der Waals surface area contributed by atoms with Crippen molar-refractivity contribution < 1.29 is 9.90 Å². The number of aliphatic hydroxyl groups is 1. The third-order valence-electron chi connectivity index (χ3n) is 2.73. The van der Waals surface area contributed by atoms with Gasteiger partial charge in [0.15, 0.2) is 0 Å². The first-order valence-electron chi connectivity index (χ1n) is 7.08. The second-order valence-electron chi connectivity index (χ2n) is 4.50. The molecule has 0 radical (unpaired) electrons. The number of aliphatic hydroxyl groups excluding tert-OH is 1. The second-order valence-corrected chi connectivity index (χ2v) is 4.50. The van der Waals surface area contributed by atoms with E-state index in [1.165, 1.54) is 0 Å². The minimum Gasteiger partial charge on any atom is -0.395 e. The predicted octanol–water partition coefficient (Wildman–Crippen LogP) is 2.08. The zero-order chi connectivity index (χ0) is 14.8. The molecule has 0 unspecified atom stereocenters. The maximum absolute atomic E-state index is 12.3. The smallest absolute Gasteiger partial charge is 0.272 e. The number of hydrogen-bond acceptors (Lipinski definition) is 3. The number of pyridine rings is 1. The van der Waals surface area contributed by atoms with Crippen molar-refractivity contribution in [2.24, 2.45) is 0 Å². The number of carbonyl (C=O) groups is 1. The molecule has 4 heteroatoms. The second kappa shape index (κ2) is 9.11. The zero-order valence-electron chi connectivity index (χ0n) is 12.2. The van der Waals surface area contributed by atoms with Crippen molar-refractivity contribution in [1.82, 2.24) is 9.88 Å². The summed E-state index contributed by atoms with van der Waals surface area (Å²) in [4.78, 5) is 18.3. The molecule has 1 N–H and O–H groups in total. The van der Waals surface area contributed by atoms with Crippen LogP contribution in [0.25, 0.3) is 0 Å². The zero-order valence-corrected chi connectivity index (χ0v) is 12.2. The highest BCUT2D eigenvalue weighted by Gasteiger charge is 2.14. The highest BCUT2D eigenvalue weighted by molar-refractivity contribution is 5.92.